The SMILES string of the molecule is C=C/C(=C\C)N=Cc1ccc(C=Nc2ccc(CC)cc2)s1.[Cl][Fe][Cl]. The van der Waals surface area contributed by atoms with E-state index in [1.54, 1.807) is 17.4 Å². The third-order valence-electron chi connectivity index (χ3n) is 3.18. The summed E-state index contributed by atoms with van der Waals surface area (Å²) in [6.45, 7) is 7.83. The van der Waals surface area contributed by atoms with E-state index in [0.717, 1.165) is 27.6 Å². The molecule has 0 aliphatic rings. The fraction of sp³-hybridized carbons (Fsp3) is 0.158. The van der Waals surface area contributed by atoms with Crippen molar-refractivity contribution in [3.05, 3.63) is 76.1 Å². The molecule has 0 saturated heterocycles. The Hall–Kier alpha value is -1.16. The minimum absolute atomic E-state index is 0.194. The van der Waals surface area contributed by atoms with Crippen LogP contribution in [0.2, 0.25) is 0 Å². The monoisotopic (exact) mass is 434 g/mol. The van der Waals surface area contributed by atoms with Crippen LogP contribution < -0.4 is 0 Å². The summed E-state index contributed by atoms with van der Waals surface area (Å²) in [6.07, 6.45) is 8.48. The van der Waals surface area contributed by atoms with Crippen LogP contribution in [0.15, 0.2) is 70.8 Å². The van der Waals surface area contributed by atoms with Gasteiger partial charge >= 0.3 is 33.3 Å². The summed E-state index contributed by atoms with van der Waals surface area (Å²) in [5.74, 6) is 0. The number of aryl methyl sites for hydroxylation is 1. The van der Waals surface area contributed by atoms with E-state index in [1.807, 2.05) is 43.6 Å². The van der Waals surface area contributed by atoms with Crippen LogP contribution in [0.3, 0.4) is 0 Å². The predicted molar refractivity (Wildman–Crippen MR) is 111 cm³/mol. The van der Waals surface area contributed by atoms with Gasteiger partial charge in [-0.1, -0.05) is 31.7 Å². The zero-order valence-corrected chi connectivity index (χ0v) is 17.5. The molecule has 1 heterocycles. The number of rotatable bonds is 6. The Morgan fingerprint density at radius 1 is 1.12 bits per heavy atom. The quantitative estimate of drug-likeness (QED) is 0.267. The zero-order chi connectivity index (χ0) is 18.5. The minimum atomic E-state index is 0.194. The molecular formula is C19H20Cl2FeN2S. The van der Waals surface area contributed by atoms with Crippen LogP contribution in [0.1, 0.15) is 29.2 Å². The molecule has 0 atom stereocenters. The van der Waals surface area contributed by atoms with Crippen LogP contribution in [0, 0.1) is 0 Å². The van der Waals surface area contributed by atoms with E-state index in [-0.39, 0.29) is 13.1 Å². The van der Waals surface area contributed by atoms with E-state index in [2.05, 4.69) is 41.7 Å². The van der Waals surface area contributed by atoms with Crippen molar-refractivity contribution in [2.45, 2.75) is 20.3 Å². The molecule has 2 aromatic rings. The van der Waals surface area contributed by atoms with Crippen LogP contribution in [0.5, 0.6) is 0 Å². The van der Waals surface area contributed by atoms with E-state index in [1.165, 1.54) is 5.56 Å². The Morgan fingerprint density at radius 3 is 2.24 bits per heavy atom. The zero-order valence-electron chi connectivity index (χ0n) is 14.1. The maximum absolute atomic E-state index is 4.76. The molecule has 0 radical (unpaired) electrons. The molecule has 25 heavy (non-hydrogen) atoms. The predicted octanol–water partition coefficient (Wildman–Crippen LogP) is 6.95. The molecule has 134 valence electrons. The second kappa shape index (κ2) is 13.1. The molecule has 0 aliphatic heterocycles. The molecule has 6 heteroatoms. The molecule has 0 unspecified atom stereocenters. The first-order valence-electron chi connectivity index (χ1n) is 7.57. The summed E-state index contributed by atoms with van der Waals surface area (Å²) < 4.78 is 0. The van der Waals surface area contributed by atoms with E-state index in [4.69, 9.17) is 20.2 Å². The summed E-state index contributed by atoms with van der Waals surface area (Å²) in [4.78, 5) is 11.1. The molecule has 0 amide bonds. The van der Waals surface area contributed by atoms with Crippen LogP contribution >= 0.6 is 31.5 Å². The van der Waals surface area contributed by atoms with E-state index < -0.39 is 0 Å². The molecule has 0 bridgehead atoms. The molecule has 1 aromatic carbocycles. The van der Waals surface area contributed by atoms with Crippen LogP contribution in [0.4, 0.5) is 5.69 Å². The number of hydrogen-bond acceptors (Lipinski definition) is 3. The van der Waals surface area contributed by atoms with Crippen molar-refractivity contribution in [1.29, 1.82) is 0 Å². The third kappa shape index (κ3) is 8.66. The van der Waals surface area contributed by atoms with E-state index in [9.17, 15) is 0 Å². The molecule has 0 fully saturated rings. The molecule has 0 spiro atoms. The average Bonchev–Trinajstić information content (AvgIpc) is 3.10. The molecule has 2 rings (SSSR count). The standard InChI is InChI=1S/C19H20N2S.2ClH.Fe/c1-4-15-7-9-17(10-8-15)21-14-19-12-11-18(22-19)13-20-16(5-2)6-3;;;/h5-14H,2,4H2,1,3H3;2*1H;/q;;;+2/p-2/b16-6+,20-13?,21-14?;;;. The van der Waals surface area contributed by atoms with Crippen molar-refractivity contribution in [2.24, 2.45) is 9.98 Å². The van der Waals surface area contributed by atoms with Gasteiger partial charge in [-0.25, -0.2) is 0 Å². The van der Waals surface area contributed by atoms with Crippen LogP contribution in [-0.4, -0.2) is 12.4 Å². The van der Waals surface area contributed by atoms with Crippen molar-refractivity contribution in [3.63, 3.8) is 0 Å². The van der Waals surface area contributed by atoms with E-state index >= 15 is 0 Å². The normalized spacial score (nSPS) is 11.8. The number of aliphatic imine (C=N–C) groups is 2. The summed E-state index contributed by atoms with van der Waals surface area (Å²) in [5.41, 5.74) is 3.18. The molecule has 1 aromatic heterocycles. The maximum atomic E-state index is 4.76. The second-order valence-corrected chi connectivity index (χ2v) is 7.72. The van der Waals surface area contributed by atoms with Gasteiger partial charge < -0.3 is 0 Å². The Kier molecular flexibility index (Phi) is 11.5. The number of thiophene rings is 1. The van der Waals surface area contributed by atoms with Gasteiger partial charge in [0.25, 0.3) is 0 Å². The first-order valence-corrected chi connectivity index (χ1v) is 11.4. The fourth-order valence-electron chi connectivity index (χ4n) is 1.85. The molecule has 0 N–H and O–H groups in total. The topological polar surface area (TPSA) is 24.7 Å². The Morgan fingerprint density at radius 2 is 1.72 bits per heavy atom. The Balaban J connectivity index is 0.000000970. The fourth-order valence-corrected chi connectivity index (χ4v) is 2.60. The van der Waals surface area contributed by atoms with Gasteiger partial charge in [0.2, 0.25) is 0 Å². The van der Waals surface area contributed by atoms with E-state index in [0.29, 0.717) is 0 Å². The van der Waals surface area contributed by atoms with Crippen LogP contribution in [0.25, 0.3) is 0 Å². The molecule has 0 saturated carbocycles. The third-order valence-corrected chi connectivity index (χ3v) is 4.13. The number of allylic oxidation sites excluding steroid dienone is 2. The van der Waals surface area contributed by atoms with Crippen molar-refractivity contribution in [1.82, 2.24) is 0 Å². The van der Waals surface area contributed by atoms with Gasteiger partial charge in [-0.05, 0) is 49.2 Å². The summed E-state index contributed by atoms with van der Waals surface area (Å²) in [6, 6.07) is 12.4. The van der Waals surface area contributed by atoms with Gasteiger partial charge in [0.15, 0.2) is 0 Å². The number of benzene rings is 1. The Labute approximate surface area is 168 Å². The van der Waals surface area contributed by atoms with Crippen molar-refractivity contribution in [3.8, 4) is 0 Å². The van der Waals surface area contributed by atoms with Gasteiger partial charge in [0, 0.05) is 22.2 Å². The molecular weight excluding hydrogens is 415 g/mol. The summed E-state index contributed by atoms with van der Waals surface area (Å²) in [5, 5.41) is 0. The van der Waals surface area contributed by atoms with Gasteiger partial charge in [-0.15, -0.1) is 11.3 Å². The average molecular weight is 435 g/mol. The van der Waals surface area contributed by atoms with Crippen molar-refractivity contribution < 1.29 is 13.1 Å². The molecule has 0 aliphatic carbocycles. The summed E-state index contributed by atoms with van der Waals surface area (Å²) in [7, 11) is 9.53. The first-order chi connectivity index (χ1) is 12.2. The second-order valence-electron chi connectivity index (χ2n) is 4.74. The summed E-state index contributed by atoms with van der Waals surface area (Å²) >= 11 is 1.86. The molecule has 2 nitrogen and oxygen atoms in total. The van der Waals surface area contributed by atoms with Gasteiger partial charge in [0.1, 0.15) is 0 Å². The van der Waals surface area contributed by atoms with Crippen molar-refractivity contribution >= 4 is 49.6 Å². The van der Waals surface area contributed by atoms with Crippen molar-refractivity contribution in [2.75, 3.05) is 0 Å². The number of nitrogens with zero attached hydrogens (tertiary/aromatic N) is 2. The number of halogens is 2. The van der Waals surface area contributed by atoms with Gasteiger partial charge in [-0.2, -0.15) is 0 Å². The number of hydrogen-bond donors (Lipinski definition) is 0. The first kappa shape index (κ1) is 21.9. The Bertz CT molecular complexity index is 734. The van der Waals surface area contributed by atoms with Gasteiger partial charge in [-0.3, -0.25) is 9.98 Å². The van der Waals surface area contributed by atoms with Crippen LogP contribution in [-0.2, 0) is 19.6 Å². The van der Waals surface area contributed by atoms with Gasteiger partial charge in [0.05, 0.1) is 11.4 Å².